The van der Waals surface area contributed by atoms with Crippen LogP contribution in [0.3, 0.4) is 0 Å². The summed E-state index contributed by atoms with van der Waals surface area (Å²) in [5.41, 5.74) is 1.01. The van der Waals surface area contributed by atoms with E-state index in [0.717, 1.165) is 19.6 Å². The van der Waals surface area contributed by atoms with Gasteiger partial charge in [-0.25, -0.2) is 17.5 Å². The molecule has 1 aromatic carbocycles. The number of carbonyl (C=O) groups is 2. The molecule has 0 saturated carbocycles. The summed E-state index contributed by atoms with van der Waals surface area (Å²) in [6.45, 7) is 7.30. The Morgan fingerprint density at radius 1 is 1.03 bits per heavy atom. The number of benzene rings is 1. The van der Waals surface area contributed by atoms with Crippen molar-refractivity contribution in [2.45, 2.75) is 38.8 Å². The summed E-state index contributed by atoms with van der Waals surface area (Å²) < 4.78 is 31.6. The Hall–Kier alpha value is -2.23. The van der Waals surface area contributed by atoms with Crippen molar-refractivity contribution in [3.63, 3.8) is 0 Å². The van der Waals surface area contributed by atoms with Crippen molar-refractivity contribution in [1.29, 1.82) is 0 Å². The third kappa shape index (κ3) is 4.33. The number of piperazine rings is 1. The Bertz CT molecular complexity index is 1010. The minimum Gasteiger partial charge on any atom is -0.450 e. The first-order chi connectivity index (χ1) is 15.3. The predicted octanol–water partition coefficient (Wildman–Crippen LogP) is 1.39. The Morgan fingerprint density at radius 3 is 2.25 bits per heavy atom. The third-order valence-corrected chi connectivity index (χ3v) is 8.72. The van der Waals surface area contributed by atoms with Gasteiger partial charge in [0, 0.05) is 64.2 Å². The number of amides is 1. The van der Waals surface area contributed by atoms with Crippen molar-refractivity contribution < 1.29 is 22.7 Å². The van der Waals surface area contributed by atoms with Gasteiger partial charge in [0.05, 0.1) is 11.3 Å². The Morgan fingerprint density at radius 2 is 1.66 bits per heavy atom. The standard InChI is InChI=1S/C23H31N3O5S/c1-3-32(29,30)26-11-9-23(10-12-26)20(18(2)22(28)31-23)21(27)25-15-13-24(14-16-25)17-19-7-5-4-6-8-19/h4-8H,3,9-17H2,1-2H3. The molecule has 0 aliphatic carbocycles. The molecule has 4 rings (SSSR count). The van der Waals surface area contributed by atoms with Crippen LogP contribution in [0.15, 0.2) is 41.5 Å². The van der Waals surface area contributed by atoms with Gasteiger partial charge in [-0.05, 0) is 19.4 Å². The molecule has 3 aliphatic heterocycles. The molecule has 0 N–H and O–H groups in total. The van der Waals surface area contributed by atoms with Crippen LogP contribution in [0.4, 0.5) is 0 Å². The first-order valence-electron chi connectivity index (χ1n) is 11.2. The molecule has 1 spiro atoms. The van der Waals surface area contributed by atoms with Crippen molar-refractivity contribution in [3.8, 4) is 0 Å². The summed E-state index contributed by atoms with van der Waals surface area (Å²) >= 11 is 0. The molecule has 1 aromatic rings. The lowest BCUT2D eigenvalue weighted by molar-refractivity contribution is -0.150. The lowest BCUT2D eigenvalue weighted by Gasteiger charge is -2.41. The maximum Gasteiger partial charge on any atom is 0.335 e. The average Bonchev–Trinajstić information content (AvgIpc) is 3.04. The minimum atomic E-state index is -3.31. The number of piperidine rings is 1. The van der Waals surface area contributed by atoms with E-state index in [1.54, 1.807) is 18.7 Å². The number of hydrogen-bond donors (Lipinski definition) is 0. The van der Waals surface area contributed by atoms with Crippen LogP contribution in [-0.4, -0.2) is 85.0 Å². The molecule has 9 heteroatoms. The van der Waals surface area contributed by atoms with Gasteiger partial charge in [0.2, 0.25) is 10.0 Å². The number of sulfonamides is 1. The van der Waals surface area contributed by atoms with E-state index >= 15 is 0 Å². The summed E-state index contributed by atoms with van der Waals surface area (Å²) in [6.07, 6.45) is 0.620. The summed E-state index contributed by atoms with van der Waals surface area (Å²) in [5.74, 6) is -0.587. The monoisotopic (exact) mass is 461 g/mol. The summed E-state index contributed by atoms with van der Waals surface area (Å²) in [7, 11) is -3.31. The Kier molecular flexibility index (Phi) is 6.42. The predicted molar refractivity (Wildman–Crippen MR) is 120 cm³/mol. The fourth-order valence-electron chi connectivity index (χ4n) is 4.87. The van der Waals surface area contributed by atoms with E-state index in [1.807, 2.05) is 18.2 Å². The topological polar surface area (TPSA) is 87.2 Å². The Balaban J connectivity index is 1.44. The van der Waals surface area contributed by atoms with Crippen LogP contribution < -0.4 is 0 Å². The molecule has 0 aromatic heterocycles. The number of nitrogens with zero attached hydrogens (tertiary/aromatic N) is 3. The molecular formula is C23H31N3O5S. The van der Waals surface area contributed by atoms with Crippen LogP contribution in [0, 0.1) is 0 Å². The van der Waals surface area contributed by atoms with Crippen LogP contribution in [0.5, 0.6) is 0 Å². The number of carbonyl (C=O) groups excluding carboxylic acids is 2. The van der Waals surface area contributed by atoms with Gasteiger partial charge >= 0.3 is 5.97 Å². The van der Waals surface area contributed by atoms with Crippen molar-refractivity contribution in [3.05, 3.63) is 47.0 Å². The maximum absolute atomic E-state index is 13.5. The molecule has 0 radical (unpaired) electrons. The molecule has 0 atom stereocenters. The summed E-state index contributed by atoms with van der Waals surface area (Å²) in [5, 5.41) is 0. The molecule has 174 valence electrons. The fraction of sp³-hybridized carbons (Fsp3) is 0.565. The minimum absolute atomic E-state index is 0.0354. The van der Waals surface area contributed by atoms with Crippen LogP contribution in [0.2, 0.25) is 0 Å². The lowest BCUT2D eigenvalue weighted by atomic mass is 9.83. The highest BCUT2D eigenvalue weighted by Gasteiger charge is 2.52. The zero-order valence-electron chi connectivity index (χ0n) is 18.7. The lowest BCUT2D eigenvalue weighted by Crippen LogP contribution is -2.53. The molecule has 2 fully saturated rings. The van der Waals surface area contributed by atoms with E-state index in [4.69, 9.17) is 4.74 Å². The van der Waals surface area contributed by atoms with Crippen molar-refractivity contribution in [2.75, 3.05) is 45.0 Å². The zero-order valence-corrected chi connectivity index (χ0v) is 19.6. The Labute approximate surface area is 189 Å². The fourth-order valence-corrected chi connectivity index (χ4v) is 5.98. The van der Waals surface area contributed by atoms with Crippen molar-refractivity contribution >= 4 is 21.9 Å². The second-order valence-electron chi connectivity index (χ2n) is 8.74. The molecule has 8 nitrogen and oxygen atoms in total. The first kappa shape index (κ1) is 22.9. The van der Waals surface area contributed by atoms with E-state index in [0.29, 0.717) is 37.1 Å². The van der Waals surface area contributed by atoms with Crippen molar-refractivity contribution in [2.24, 2.45) is 0 Å². The van der Waals surface area contributed by atoms with Crippen molar-refractivity contribution in [1.82, 2.24) is 14.1 Å². The van der Waals surface area contributed by atoms with Gasteiger partial charge in [-0.15, -0.1) is 0 Å². The van der Waals surface area contributed by atoms with Crippen LogP contribution in [0.1, 0.15) is 32.3 Å². The molecule has 0 bridgehead atoms. The van der Waals surface area contributed by atoms with E-state index in [2.05, 4.69) is 17.0 Å². The van der Waals surface area contributed by atoms with Crippen LogP contribution >= 0.6 is 0 Å². The molecule has 0 unspecified atom stereocenters. The second kappa shape index (κ2) is 8.96. The van der Waals surface area contributed by atoms with Gasteiger partial charge < -0.3 is 9.64 Å². The van der Waals surface area contributed by atoms with E-state index < -0.39 is 21.6 Å². The average molecular weight is 462 g/mol. The normalized spacial score (nSPS) is 22.4. The number of rotatable bonds is 5. The van der Waals surface area contributed by atoms with Crippen LogP contribution in [-0.2, 0) is 30.9 Å². The molecular weight excluding hydrogens is 430 g/mol. The number of ether oxygens (including phenoxy) is 1. The molecule has 2 saturated heterocycles. The number of hydrogen-bond acceptors (Lipinski definition) is 6. The maximum atomic E-state index is 13.5. The SMILES string of the molecule is CCS(=O)(=O)N1CCC2(CC1)OC(=O)C(C)=C2C(=O)N1CCN(Cc2ccccc2)CC1. The zero-order chi connectivity index (χ0) is 22.9. The van der Waals surface area contributed by atoms with Crippen LogP contribution in [0.25, 0.3) is 0 Å². The second-order valence-corrected chi connectivity index (χ2v) is 11.0. The van der Waals surface area contributed by atoms with E-state index in [-0.39, 0.29) is 24.7 Å². The molecule has 32 heavy (non-hydrogen) atoms. The molecule has 1 amide bonds. The van der Waals surface area contributed by atoms with Gasteiger partial charge in [-0.2, -0.15) is 0 Å². The van der Waals surface area contributed by atoms with Gasteiger partial charge in [0.15, 0.2) is 0 Å². The third-order valence-electron chi connectivity index (χ3n) is 6.84. The van der Waals surface area contributed by atoms with Gasteiger partial charge in [-0.3, -0.25) is 9.69 Å². The largest absolute Gasteiger partial charge is 0.450 e. The highest BCUT2D eigenvalue weighted by atomic mass is 32.2. The van der Waals surface area contributed by atoms with E-state index in [1.165, 1.54) is 9.87 Å². The highest BCUT2D eigenvalue weighted by Crippen LogP contribution is 2.42. The van der Waals surface area contributed by atoms with Gasteiger partial charge in [-0.1, -0.05) is 30.3 Å². The van der Waals surface area contributed by atoms with E-state index in [9.17, 15) is 18.0 Å². The number of esters is 1. The summed E-state index contributed by atoms with van der Waals surface area (Å²) in [6, 6.07) is 10.2. The highest BCUT2D eigenvalue weighted by molar-refractivity contribution is 7.89. The quantitative estimate of drug-likeness (QED) is 0.616. The smallest absolute Gasteiger partial charge is 0.335 e. The summed E-state index contributed by atoms with van der Waals surface area (Å²) in [4.78, 5) is 30.1. The molecule has 3 heterocycles. The molecule has 3 aliphatic rings. The first-order valence-corrected chi connectivity index (χ1v) is 12.8. The van der Waals surface area contributed by atoms with Gasteiger partial charge in [0.1, 0.15) is 5.60 Å². The van der Waals surface area contributed by atoms with Gasteiger partial charge in [0.25, 0.3) is 5.91 Å².